The second-order valence-electron chi connectivity index (χ2n) is 4.50. The normalized spacial score (nSPS) is 15.5. The SMILES string of the molecule is O=C1CCN(c2cc(C(=O)O)cc3cc[nH]c23)C(=O)N1. The van der Waals surface area contributed by atoms with E-state index in [-0.39, 0.29) is 24.4 Å². The van der Waals surface area contributed by atoms with E-state index in [2.05, 4.69) is 10.3 Å². The monoisotopic (exact) mass is 273 g/mol. The predicted molar refractivity (Wildman–Crippen MR) is 70.8 cm³/mol. The lowest BCUT2D eigenvalue weighted by Gasteiger charge is -2.27. The van der Waals surface area contributed by atoms with Gasteiger partial charge >= 0.3 is 12.0 Å². The number of aromatic nitrogens is 1. The number of fused-ring (bicyclic) bond motifs is 1. The van der Waals surface area contributed by atoms with Gasteiger partial charge in [-0.05, 0) is 18.2 Å². The molecule has 1 saturated heterocycles. The lowest BCUT2D eigenvalue weighted by molar-refractivity contribution is -0.120. The number of carbonyl (C=O) groups is 3. The zero-order valence-electron chi connectivity index (χ0n) is 10.3. The zero-order chi connectivity index (χ0) is 14.3. The van der Waals surface area contributed by atoms with Crippen LogP contribution in [0.25, 0.3) is 10.9 Å². The molecule has 0 saturated carbocycles. The molecule has 2 heterocycles. The molecule has 0 spiro atoms. The van der Waals surface area contributed by atoms with E-state index in [1.807, 2.05) is 0 Å². The third-order valence-electron chi connectivity index (χ3n) is 3.23. The molecule has 0 aliphatic carbocycles. The summed E-state index contributed by atoms with van der Waals surface area (Å²) in [6.07, 6.45) is 1.86. The van der Waals surface area contributed by atoms with Crippen molar-refractivity contribution in [2.75, 3.05) is 11.4 Å². The van der Waals surface area contributed by atoms with Gasteiger partial charge in [0.1, 0.15) is 0 Å². The summed E-state index contributed by atoms with van der Waals surface area (Å²) in [5.74, 6) is -1.40. The average Bonchev–Trinajstić information content (AvgIpc) is 2.86. The number of rotatable bonds is 2. The average molecular weight is 273 g/mol. The van der Waals surface area contributed by atoms with E-state index in [4.69, 9.17) is 5.11 Å². The molecule has 0 unspecified atom stereocenters. The first-order valence-electron chi connectivity index (χ1n) is 6.02. The molecular weight excluding hydrogens is 262 g/mol. The number of anilines is 1. The molecule has 3 rings (SSSR count). The second kappa shape index (κ2) is 4.37. The highest BCUT2D eigenvalue weighted by atomic mass is 16.4. The topological polar surface area (TPSA) is 102 Å². The maximum Gasteiger partial charge on any atom is 0.335 e. The van der Waals surface area contributed by atoms with Gasteiger partial charge in [0.05, 0.1) is 16.8 Å². The van der Waals surface area contributed by atoms with Gasteiger partial charge < -0.3 is 10.1 Å². The van der Waals surface area contributed by atoms with E-state index < -0.39 is 12.0 Å². The molecule has 0 radical (unpaired) electrons. The van der Waals surface area contributed by atoms with Gasteiger partial charge in [0.15, 0.2) is 0 Å². The smallest absolute Gasteiger partial charge is 0.335 e. The van der Waals surface area contributed by atoms with Crippen LogP contribution in [-0.2, 0) is 4.79 Å². The fourth-order valence-corrected chi connectivity index (χ4v) is 2.28. The molecule has 7 nitrogen and oxygen atoms in total. The number of carboxylic acids is 1. The molecule has 20 heavy (non-hydrogen) atoms. The summed E-state index contributed by atoms with van der Waals surface area (Å²) in [5, 5.41) is 12.0. The lowest BCUT2D eigenvalue weighted by atomic mass is 10.1. The largest absolute Gasteiger partial charge is 0.478 e. The van der Waals surface area contributed by atoms with Crippen molar-refractivity contribution in [2.45, 2.75) is 6.42 Å². The van der Waals surface area contributed by atoms with Crippen LogP contribution in [0.5, 0.6) is 0 Å². The minimum atomic E-state index is -1.07. The number of nitrogens with zero attached hydrogens (tertiary/aromatic N) is 1. The van der Waals surface area contributed by atoms with Gasteiger partial charge in [0, 0.05) is 24.5 Å². The number of H-pyrrole nitrogens is 1. The number of benzene rings is 1. The number of carboxylic acid groups (broad SMARTS) is 1. The Morgan fingerprint density at radius 3 is 2.80 bits per heavy atom. The third kappa shape index (κ3) is 1.89. The molecule has 102 valence electrons. The first-order valence-corrected chi connectivity index (χ1v) is 6.02. The fraction of sp³-hybridized carbons (Fsp3) is 0.154. The van der Waals surface area contributed by atoms with Crippen molar-refractivity contribution in [1.82, 2.24) is 10.3 Å². The Bertz CT molecular complexity index is 734. The van der Waals surface area contributed by atoms with Crippen molar-refractivity contribution in [3.05, 3.63) is 30.0 Å². The number of aromatic carboxylic acids is 1. The van der Waals surface area contributed by atoms with Crippen LogP contribution in [0.15, 0.2) is 24.4 Å². The van der Waals surface area contributed by atoms with Crippen LogP contribution in [0.1, 0.15) is 16.8 Å². The fourth-order valence-electron chi connectivity index (χ4n) is 2.28. The number of imide groups is 1. The van der Waals surface area contributed by atoms with Crippen molar-refractivity contribution in [2.24, 2.45) is 0 Å². The molecule has 3 amide bonds. The van der Waals surface area contributed by atoms with Crippen LogP contribution < -0.4 is 10.2 Å². The predicted octanol–water partition coefficient (Wildman–Crippen LogP) is 1.31. The maximum atomic E-state index is 11.9. The molecule has 1 aliphatic heterocycles. The number of amides is 3. The summed E-state index contributed by atoms with van der Waals surface area (Å²) in [6, 6.07) is 4.15. The molecule has 7 heteroatoms. The van der Waals surface area contributed by atoms with Crippen molar-refractivity contribution >= 4 is 34.5 Å². The van der Waals surface area contributed by atoms with Gasteiger partial charge in [-0.3, -0.25) is 15.0 Å². The van der Waals surface area contributed by atoms with Gasteiger partial charge in [0.2, 0.25) is 5.91 Å². The summed E-state index contributed by atoms with van der Waals surface area (Å²) in [7, 11) is 0. The zero-order valence-corrected chi connectivity index (χ0v) is 10.3. The highest BCUT2D eigenvalue weighted by molar-refractivity contribution is 6.10. The number of aromatic amines is 1. The third-order valence-corrected chi connectivity index (χ3v) is 3.23. The minimum absolute atomic E-state index is 0.0943. The van der Waals surface area contributed by atoms with Gasteiger partial charge in [-0.2, -0.15) is 0 Å². The molecule has 2 aromatic rings. The van der Waals surface area contributed by atoms with E-state index in [0.29, 0.717) is 16.6 Å². The van der Waals surface area contributed by atoms with Crippen molar-refractivity contribution in [1.29, 1.82) is 0 Å². The Morgan fingerprint density at radius 2 is 2.10 bits per heavy atom. The van der Waals surface area contributed by atoms with Crippen LogP contribution in [0, 0.1) is 0 Å². The molecule has 3 N–H and O–H groups in total. The summed E-state index contributed by atoms with van der Waals surface area (Å²) < 4.78 is 0. The number of urea groups is 1. The standard InChI is InChI=1S/C13H11N3O4/c17-10-2-4-16(13(20)15-10)9-6-8(12(18)19)5-7-1-3-14-11(7)9/h1,3,5-6,14H,2,4H2,(H,18,19)(H,15,17,20). The first-order chi connectivity index (χ1) is 9.56. The highest BCUT2D eigenvalue weighted by Crippen LogP contribution is 2.29. The lowest BCUT2D eigenvalue weighted by Crippen LogP contribution is -2.49. The summed E-state index contributed by atoms with van der Waals surface area (Å²) >= 11 is 0. The van der Waals surface area contributed by atoms with Crippen molar-refractivity contribution in [3.8, 4) is 0 Å². The Morgan fingerprint density at radius 1 is 1.30 bits per heavy atom. The molecular formula is C13H11N3O4. The Balaban J connectivity index is 2.14. The Labute approximate surface area is 113 Å². The number of carbonyl (C=O) groups excluding carboxylic acids is 2. The van der Waals surface area contributed by atoms with Gasteiger partial charge in [-0.15, -0.1) is 0 Å². The van der Waals surface area contributed by atoms with E-state index in [1.165, 1.54) is 17.0 Å². The molecule has 0 bridgehead atoms. The van der Waals surface area contributed by atoms with Crippen LogP contribution in [0.2, 0.25) is 0 Å². The van der Waals surface area contributed by atoms with Gasteiger partial charge in [-0.25, -0.2) is 9.59 Å². The molecule has 1 aromatic heterocycles. The molecule has 1 aromatic carbocycles. The number of nitrogens with one attached hydrogen (secondary N) is 2. The molecule has 1 fully saturated rings. The first kappa shape index (κ1) is 12.2. The van der Waals surface area contributed by atoms with E-state index >= 15 is 0 Å². The second-order valence-corrected chi connectivity index (χ2v) is 4.50. The van der Waals surface area contributed by atoms with Crippen LogP contribution in [0.3, 0.4) is 0 Å². The Kier molecular flexibility index (Phi) is 2.67. The highest BCUT2D eigenvalue weighted by Gasteiger charge is 2.26. The van der Waals surface area contributed by atoms with E-state index in [0.717, 1.165) is 0 Å². The minimum Gasteiger partial charge on any atom is -0.478 e. The van der Waals surface area contributed by atoms with Crippen molar-refractivity contribution in [3.63, 3.8) is 0 Å². The number of hydrogen-bond acceptors (Lipinski definition) is 3. The summed E-state index contributed by atoms with van der Waals surface area (Å²) in [4.78, 5) is 38.6. The number of hydrogen-bond donors (Lipinski definition) is 3. The maximum absolute atomic E-state index is 11.9. The van der Waals surface area contributed by atoms with E-state index in [9.17, 15) is 14.4 Å². The molecule has 0 atom stereocenters. The summed E-state index contributed by atoms with van der Waals surface area (Å²) in [6.45, 7) is 0.224. The Hall–Kier alpha value is -2.83. The van der Waals surface area contributed by atoms with Gasteiger partial charge in [0.25, 0.3) is 0 Å². The summed E-state index contributed by atoms with van der Waals surface area (Å²) in [5.41, 5.74) is 1.21. The van der Waals surface area contributed by atoms with E-state index in [1.54, 1.807) is 12.3 Å². The quantitative estimate of drug-likeness (QED) is 0.767. The van der Waals surface area contributed by atoms with Crippen LogP contribution in [-0.4, -0.2) is 34.5 Å². The van der Waals surface area contributed by atoms with Crippen molar-refractivity contribution < 1.29 is 19.5 Å². The van der Waals surface area contributed by atoms with Gasteiger partial charge in [-0.1, -0.05) is 0 Å². The van der Waals surface area contributed by atoms with Crippen LogP contribution in [0.4, 0.5) is 10.5 Å². The molecule has 1 aliphatic rings. The van der Waals surface area contributed by atoms with Crippen LogP contribution >= 0.6 is 0 Å².